The number of sulfonamides is 1. The summed E-state index contributed by atoms with van der Waals surface area (Å²) in [6.07, 6.45) is 4.80. The quantitative estimate of drug-likeness (QED) is 0.572. The van der Waals surface area contributed by atoms with E-state index in [2.05, 4.69) is 15.4 Å². The molecule has 2 aromatic rings. The maximum Gasteiger partial charge on any atom is 0.356 e. The van der Waals surface area contributed by atoms with Gasteiger partial charge >= 0.3 is 5.97 Å². The lowest BCUT2D eigenvalue weighted by molar-refractivity contribution is 0.0682. The van der Waals surface area contributed by atoms with Crippen LogP contribution in [0.5, 0.6) is 0 Å². The van der Waals surface area contributed by atoms with Gasteiger partial charge in [0.1, 0.15) is 0 Å². The predicted molar refractivity (Wildman–Crippen MR) is 103 cm³/mol. The Labute approximate surface area is 172 Å². The standard InChI is InChI=1S/C18H19N5O6S/c24-16(21-22-17(25)14-15(18(26)27)20-8-7-19-14)12-5-4-6-13(11-12)30(28,29)23-9-2-1-3-10-23/h4-8,11H,1-3,9-10H2,(H,21,24)(H,22,25)(H,26,27). The second-order valence-electron chi connectivity index (χ2n) is 6.46. The Morgan fingerprint density at radius 3 is 2.23 bits per heavy atom. The molecule has 1 aliphatic rings. The van der Waals surface area contributed by atoms with Gasteiger partial charge in [-0.15, -0.1) is 0 Å². The van der Waals surface area contributed by atoms with E-state index in [9.17, 15) is 22.8 Å². The average molecular weight is 433 g/mol. The fraction of sp³-hybridized carbons (Fsp3) is 0.278. The number of aromatic nitrogens is 2. The van der Waals surface area contributed by atoms with Crippen molar-refractivity contribution in [2.45, 2.75) is 24.2 Å². The highest BCUT2D eigenvalue weighted by atomic mass is 32.2. The van der Waals surface area contributed by atoms with Crippen LogP contribution in [0.1, 0.15) is 50.6 Å². The molecule has 1 fully saturated rings. The lowest BCUT2D eigenvalue weighted by Crippen LogP contribution is -2.42. The summed E-state index contributed by atoms with van der Waals surface area (Å²) in [5, 5.41) is 9.05. The molecule has 11 nitrogen and oxygen atoms in total. The fourth-order valence-corrected chi connectivity index (χ4v) is 4.52. The second kappa shape index (κ2) is 8.97. The van der Waals surface area contributed by atoms with Gasteiger partial charge in [-0.25, -0.2) is 23.2 Å². The molecule has 1 aliphatic heterocycles. The highest BCUT2D eigenvalue weighted by molar-refractivity contribution is 7.89. The van der Waals surface area contributed by atoms with Crippen molar-refractivity contribution < 1.29 is 27.9 Å². The number of carboxylic acid groups (broad SMARTS) is 1. The zero-order chi connectivity index (χ0) is 21.7. The van der Waals surface area contributed by atoms with Gasteiger partial charge in [0, 0.05) is 31.0 Å². The van der Waals surface area contributed by atoms with E-state index in [4.69, 9.17) is 5.11 Å². The highest BCUT2D eigenvalue weighted by Gasteiger charge is 2.26. The predicted octanol–water partition coefficient (Wildman–Crippen LogP) is 0.424. The third kappa shape index (κ3) is 4.60. The molecule has 1 aromatic heterocycles. The van der Waals surface area contributed by atoms with Crippen LogP contribution < -0.4 is 10.9 Å². The van der Waals surface area contributed by atoms with Gasteiger partial charge in [-0.2, -0.15) is 4.31 Å². The van der Waals surface area contributed by atoms with Crippen LogP contribution in [0.2, 0.25) is 0 Å². The summed E-state index contributed by atoms with van der Waals surface area (Å²) in [5.41, 5.74) is 3.12. The van der Waals surface area contributed by atoms with Crippen molar-refractivity contribution in [3.63, 3.8) is 0 Å². The van der Waals surface area contributed by atoms with Crippen molar-refractivity contribution in [3.8, 4) is 0 Å². The van der Waals surface area contributed by atoms with E-state index in [-0.39, 0.29) is 10.5 Å². The number of piperidine rings is 1. The first-order chi connectivity index (χ1) is 14.3. The molecule has 3 N–H and O–H groups in total. The average Bonchev–Trinajstić information content (AvgIpc) is 2.77. The van der Waals surface area contributed by atoms with Gasteiger partial charge in [0.15, 0.2) is 11.4 Å². The molecule has 1 aromatic carbocycles. The van der Waals surface area contributed by atoms with Crippen LogP contribution in [-0.2, 0) is 10.0 Å². The van der Waals surface area contributed by atoms with Gasteiger partial charge < -0.3 is 5.11 Å². The fourth-order valence-electron chi connectivity index (χ4n) is 2.96. The SMILES string of the molecule is O=C(NNC(=O)c1nccnc1C(=O)O)c1cccc(S(=O)(=O)N2CCCCC2)c1. The molecule has 158 valence electrons. The lowest BCUT2D eigenvalue weighted by Gasteiger charge is -2.26. The summed E-state index contributed by atoms with van der Waals surface area (Å²) in [6.45, 7) is 0.859. The number of carbonyl (C=O) groups excluding carboxylic acids is 2. The number of hydrogen-bond acceptors (Lipinski definition) is 7. The first-order valence-corrected chi connectivity index (χ1v) is 10.5. The van der Waals surface area contributed by atoms with Crippen LogP contribution in [-0.4, -0.2) is 58.7 Å². The smallest absolute Gasteiger partial charge is 0.356 e. The zero-order valence-electron chi connectivity index (χ0n) is 15.7. The van der Waals surface area contributed by atoms with Gasteiger partial charge in [0.2, 0.25) is 10.0 Å². The molecule has 1 saturated heterocycles. The number of hydrazine groups is 1. The third-order valence-corrected chi connectivity index (χ3v) is 6.35. The normalized spacial score (nSPS) is 14.7. The molecule has 3 rings (SSSR count). The minimum Gasteiger partial charge on any atom is -0.476 e. The van der Waals surface area contributed by atoms with E-state index in [1.165, 1.54) is 28.6 Å². The van der Waals surface area contributed by atoms with Crippen LogP contribution in [0.25, 0.3) is 0 Å². The van der Waals surface area contributed by atoms with Crippen molar-refractivity contribution in [1.29, 1.82) is 0 Å². The molecule has 30 heavy (non-hydrogen) atoms. The second-order valence-corrected chi connectivity index (χ2v) is 8.40. The molecule has 0 saturated carbocycles. The van der Waals surface area contributed by atoms with Gasteiger partial charge in [0.05, 0.1) is 4.90 Å². The minimum absolute atomic E-state index is 0.00554. The molecule has 0 unspecified atom stereocenters. The first kappa shape index (κ1) is 21.3. The number of aromatic carboxylic acids is 1. The van der Waals surface area contributed by atoms with Crippen LogP contribution >= 0.6 is 0 Å². The van der Waals surface area contributed by atoms with E-state index >= 15 is 0 Å². The lowest BCUT2D eigenvalue weighted by atomic mass is 10.2. The Hall–Kier alpha value is -3.38. The van der Waals surface area contributed by atoms with Gasteiger partial charge in [-0.1, -0.05) is 12.5 Å². The molecular formula is C18H19N5O6S. The Balaban J connectivity index is 1.72. The highest BCUT2D eigenvalue weighted by Crippen LogP contribution is 2.21. The summed E-state index contributed by atoms with van der Waals surface area (Å²) in [6, 6.07) is 5.44. The molecule has 0 bridgehead atoms. The summed E-state index contributed by atoms with van der Waals surface area (Å²) in [4.78, 5) is 42.8. The number of carboxylic acids is 1. The van der Waals surface area contributed by atoms with Gasteiger partial charge in [0.25, 0.3) is 11.8 Å². The van der Waals surface area contributed by atoms with Gasteiger partial charge in [-0.05, 0) is 31.0 Å². The van der Waals surface area contributed by atoms with Crippen LogP contribution in [0.4, 0.5) is 0 Å². The Kier molecular flexibility index (Phi) is 6.37. The molecule has 0 aliphatic carbocycles. The Morgan fingerprint density at radius 2 is 1.57 bits per heavy atom. The number of hydrogen-bond donors (Lipinski definition) is 3. The van der Waals surface area contributed by atoms with E-state index in [0.717, 1.165) is 31.7 Å². The van der Waals surface area contributed by atoms with Crippen molar-refractivity contribution in [1.82, 2.24) is 25.1 Å². The molecule has 2 heterocycles. The van der Waals surface area contributed by atoms with Gasteiger partial charge in [-0.3, -0.25) is 20.4 Å². The van der Waals surface area contributed by atoms with Crippen LogP contribution in [0, 0.1) is 0 Å². The Bertz CT molecular complexity index is 1080. The van der Waals surface area contributed by atoms with Crippen LogP contribution in [0.15, 0.2) is 41.6 Å². The number of carbonyl (C=O) groups is 3. The van der Waals surface area contributed by atoms with E-state index in [1.54, 1.807) is 0 Å². The number of rotatable bonds is 5. The summed E-state index contributed by atoms with van der Waals surface area (Å²) in [7, 11) is -3.72. The van der Waals surface area contributed by atoms with Crippen LogP contribution in [0.3, 0.4) is 0 Å². The van der Waals surface area contributed by atoms with Crippen molar-refractivity contribution in [2.75, 3.05) is 13.1 Å². The largest absolute Gasteiger partial charge is 0.476 e. The van der Waals surface area contributed by atoms with Crippen molar-refractivity contribution in [2.24, 2.45) is 0 Å². The first-order valence-electron chi connectivity index (χ1n) is 9.06. The molecule has 12 heteroatoms. The van der Waals surface area contributed by atoms with E-state index in [1.807, 2.05) is 5.43 Å². The van der Waals surface area contributed by atoms with E-state index in [0.29, 0.717) is 13.1 Å². The number of amides is 2. The number of nitrogens with one attached hydrogen (secondary N) is 2. The summed E-state index contributed by atoms with van der Waals surface area (Å²) in [5.74, 6) is -3.21. The summed E-state index contributed by atoms with van der Waals surface area (Å²) < 4.78 is 26.9. The van der Waals surface area contributed by atoms with E-state index < -0.39 is 39.2 Å². The maximum atomic E-state index is 12.8. The molecule has 2 amide bonds. The molecular weight excluding hydrogens is 414 g/mol. The number of nitrogens with zero attached hydrogens (tertiary/aromatic N) is 3. The topological polar surface area (TPSA) is 159 Å². The zero-order valence-corrected chi connectivity index (χ0v) is 16.6. The minimum atomic E-state index is -3.72. The maximum absolute atomic E-state index is 12.8. The molecule has 0 atom stereocenters. The molecule has 0 spiro atoms. The third-order valence-electron chi connectivity index (χ3n) is 4.45. The molecule has 0 radical (unpaired) electrons. The summed E-state index contributed by atoms with van der Waals surface area (Å²) >= 11 is 0. The van der Waals surface area contributed by atoms with Crippen molar-refractivity contribution in [3.05, 3.63) is 53.6 Å². The Morgan fingerprint density at radius 1 is 0.933 bits per heavy atom. The number of benzene rings is 1. The van der Waals surface area contributed by atoms with Crippen molar-refractivity contribution >= 4 is 27.8 Å². The monoisotopic (exact) mass is 433 g/mol.